The van der Waals surface area contributed by atoms with Crippen LogP contribution in [0, 0.1) is 12.7 Å². The average Bonchev–Trinajstić information content (AvgIpc) is 3.21. The first kappa shape index (κ1) is 23.5. The molecule has 2 amide bonds. The molecule has 2 aromatic rings. The van der Waals surface area contributed by atoms with Crippen molar-refractivity contribution >= 4 is 29.2 Å². The van der Waals surface area contributed by atoms with Crippen LogP contribution in [0.4, 0.5) is 23.2 Å². The Balaban J connectivity index is 1.99. The van der Waals surface area contributed by atoms with E-state index < -0.39 is 40.6 Å². The Hall–Kier alpha value is -3.14. The van der Waals surface area contributed by atoms with Gasteiger partial charge in [0.15, 0.2) is 0 Å². The Morgan fingerprint density at radius 3 is 2.53 bits per heavy atom. The summed E-state index contributed by atoms with van der Waals surface area (Å²) in [6, 6.07) is 3.55. The molecule has 0 aliphatic carbocycles. The molecule has 172 valence electrons. The quantitative estimate of drug-likeness (QED) is 0.438. The van der Waals surface area contributed by atoms with Gasteiger partial charge in [-0.05, 0) is 44.3 Å². The Labute approximate surface area is 182 Å². The smallest absolute Gasteiger partial charge is 0.358 e. The number of halogens is 4. The topological polar surface area (TPSA) is 77.2 Å². The Morgan fingerprint density at radius 1 is 1.22 bits per heavy atom. The summed E-state index contributed by atoms with van der Waals surface area (Å²) in [6.07, 6.45) is -3.86. The van der Waals surface area contributed by atoms with Gasteiger partial charge in [0, 0.05) is 30.0 Å². The number of aromatic nitrogens is 1. The van der Waals surface area contributed by atoms with Crippen LogP contribution in [-0.4, -0.2) is 47.9 Å². The number of hydrogen-bond acceptors (Lipinski definition) is 3. The Kier molecular flexibility index (Phi) is 6.73. The molecular formula is C22H24F4N4O2. The molecule has 0 bridgehead atoms. The molecule has 0 unspecified atom stereocenters. The summed E-state index contributed by atoms with van der Waals surface area (Å²) in [5, 5.41) is 5.03. The highest BCUT2D eigenvalue weighted by Gasteiger charge is 2.40. The number of fused-ring (bicyclic) bond motifs is 1. The maximum absolute atomic E-state index is 14.0. The molecule has 1 aliphatic rings. The van der Waals surface area contributed by atoms with Crippen LogP contribution in [0.5, 0.6) is 0 Å². The summed E-state index contributed by atoms with van der Waals surface area (Å²) in [5.41, 5.74) is -1.79. The van der Waals surface area contributed by atoms with Gasteiger partial charge in [-0.25, -0.2) is 4.39 Å². The fourth-order valence-corrected chi connectivity index (χ4v) is 3.74. The Morgan fingerprint density at radius 2 is 1.91 bits per heavy atom. The van der Waals surface area contributed by atoms with Crippen molar-refractivity contribution in [1.29, 1.82) is 0 Å². The van der Waals surface area contributed by atoms with E-state index in [-0.39, 0.29) is 23.4 Å². The third kappa shape index (κ3) is 4.69. The molecule has 1 aliphatic heterocycles. The third-order valence-corrected chi connectivity index (χ3v) is 5.39. The molecular weight excluding hydrogens is 428 g/mol. The van der Waals surface area contributed by atoms with Crippen molar-refractivity contribution in [2.24, 2.45) is 0 Å². The molecule has 0 saturated heterocycles. The number of hydrogen-bond donors (Lipinski definition) is 3. The zero-order chi connectivity index (χ0) is 23.6. The third-order valence-electron chi connectivity index (χ3n) is 5.39. The second kappa shape index (κ2) is 9.15. The molecule has 0 spiro atoms. The lowest BCUT2D eigenvalue weighted by molar-refractivity contribution is -0.138. The van der Waals surface area contributed by atoms with E-state index >= 15 is 0 Å². The number of aromatic amines is 1. The van der Waals surface area contributed by atoms with Gasteiger partial charge in [-0.2, -0.15) is 13.2 Å². The van der Waals surface area contributed by atoms with Crippen molar-refractivity contribution in [3.63, 3.8) is 0 Å². The standard InChI is InChI=1S/C22H24F4N4O2/c1-4-30(5-2)9-8-27-21(32)18-12(3)28-17(19(18)22(24,25)26)11-15-14-10-13(23)6-7-16(14)29-20(15)31/h6-7,10-11,28H,4-5,8-9H2,1-3H3,(H,27,32)(H,29,31)/b15-11-. The van der Waals surface area contributed by atoms with E-state index in [0.29, 0.717) is 12.2 Å². The van der Waals surface area contributed by atoms with Crippen molar-refractivity contribution in [1.82, 2.24) is 15.2 Å². The summed E-state index contributed by atoms with van der Waals surface area (Å²) < 4.78 is 55.6. The van der Waals surface area contributed by atoms with Gasteiger partial charge < -0.3 is 20.5 Å². The Bertz CT molecular complexity index is 1070. The monoisotopic (exact) mass is 452 g/mol. The number of amides is 2. The lowest BCUT2D eigenvalue weighted by atomic mass is 10.0. The van der Waals surface area contributed by atoms with Crippen LogP contribution in [0.1, 0.15) is 46.7 Å². The highest BCUT2D eigenvalue weighted by Crippen LogP contribution is 2.40. The molecule has 0 saturated carbocycles. The summed E-state index contributed by atoms with van der Waals surface area (Å²) in [7, 11) is 0. The fourth-order valence-electron chi connectivity index (χ4n) is 3.74. The first-order chi connectivity index (χ1) is 15.1. The first-order valence-corrected chi connectivity index (χ1v) is 10.2. The number of nitrogens with zero attached hydrogens (tertiary/aromatic N) is 1. The molecule has 0 atom stereocenters. The maximum atomic E-state index is 14.0. The first-order valence-electron chi connectivity index (χ1n) is 10.2. The van der Waals surface area contributed by atoms with Crippen LogP contribution in [0.25, 0.3) is 11.6 Å². The molecule has 3 rings (SSSR count). The van der Waals surface area contributed by atoms with Gasteiger partial charge in [-0.1, -0.05) is 13.8 Å². The number of alkyl halides is 3. The van der Waals surface area contributed by atoms with E-state index in [0.717, 1.165) is 31.3 Å². The highest BCUT2D eigenvalue weighted by atomic mass is 19.4. The zero-order valence-electron chi connectivity index (χ0n) is 17.9. The van der Waals surface area contributed by atoms with Crippen LogP contribution < -0.4 is 10.6 Å². The van der Waals surface area contributed by atoms with Gasteiger partial charge in [0.1, 0.15) is 5.82 Å². The van der Waals surface area contributed by atoms with E-state index in [1.165, 1.54) is 13.0 Å². The van der Waals surface area contributed by atoms with Crippen LogP contribution >= 0.6 is 0 Å². The molecule has 0 fully saturated rings. The largest absolute Gasteiger partial charge is 0.419 e. The molecule has 32 heavy (non-hydrogen) atoms. The van der Waals surface area contributed by atoms with Crippen LogP contribution in [-0.2, 0) is 11.0 Å². The maximum Gasteiger partial charge on any atom is 0.419 e. The number of rotatable bonds is 7. The summed E-state index contributed by atoms with van der Waals surface area (Å²) in [5.74, 6) is -2.14. The molecule has 1 aromatic heterocycles. The number of nitrogens with one attached hydrogen (secondary N) is 3. The lowest BCUT2D eigenvalue weighted by Gasteiger charge is -2.18. The van der Waals surface area contributed by atoms with Gasteiger partial charge in [-0.15, -0.1) is 0 Å². The number of H-pyrrole nitrogens is 1. The van der Waals surface area contributed by atoms with Crippen molar-refractivity contribution in [2.75, 3.05) is 31.5 Å². The summed E-state index contributed by atoms with van der Waals surface area (Å²) >= 11 is 0. The van der Waals surface area contributed by atoms with Crippen molar-refractivity contribution in [3.8, 4) is 0 Å². The second-order valence-electron chi connectivity index (χ2n) is 7.40. The van der Waals surface area contributed by atoms with Crippen LogP contribution in [0.3, 0.4) is 0 Å². The molecule has 1 aromatic carbocycles. The minimum atomic E-state index is -4.86. The number of aryl methyl sites for hydroxylation is 1. The fraction of sp³-hybridized carbons (Fsp3) is 0.364. The van der Waals surface area contributed by atoms with Crippen molar-refractivity contribution < 1.29 is 27.2 Å². The van der Waals surface area contributed by atoms with E-state index in [2.05, 4.69) is 15.6 Å². The number of carbonyl (C=O) groups is 2. The average molecular weight is 452 g/mol. The molecule has 6 nitrogen and oxygen atoms in total. The van der Waals surface area contributed by atoms with Gasteiger partial charge in [0.25, 0.3) is 11.8 Å². The number of likely N-dealkylation sites (N-methyl/N-ethyl adjacent to an activating group) is 1. The van der Waals surface area contributed by atoms with E-state index in [1.54, 1.807) is 0 Å². The number of carbonyl (C=O) groups excluding carboxylic acids is 2. The van der Waals surface area contributed by atoms with E-state index in [9.17, 15) is 27.2 Å². The number of anilines is 1. The highest BCUT2D eigenvalue weighted by molar-refractivity contribution is 6.35. The van der Waals surface area contributed by atoms with Crippen LogP contribution in [0.2, 0.25) is 0 Å². The molecule has 3 N–H and O–H groups in total. The minimum Gasteiger partial charge on any atom is -0.358 e. The second-order valence-corrected chi connectivity index (χ2v) is 7.40. The normalized spacial score (nSPS) is 14.8. The zero-order valence-corrected chi connectivity index (χ0v) is 17.9. The summed E-state index contributed by atoms with van der Waals surface area (Å²) in [4.78, 5) is 29.6. The van der Waals surface area contributed by atoms with Crippen molar-refractivity contribution in [3.05, 3.63) is 52.1 Å². The SMILES string of the molecule is CCN(CC)CCNC(=O)c1c(C)[nH]c(/C=C2\C(=O)Nc3ccc(F)cc32)c1C(F)(F)F. The minimum absolute atomic E-state index is 0.0161. The van der Waals surface area contributed by atoms with E-state index in [1.807, 2.05) is 18.7 Å². The molecule has 0 radical (unpaired) electrons. The van der Waals surface area contributed by atoms with Crippen molar-refractivity contribution in [2.45, 2.75) is 26.9 Å². The van der Waals surface area contributed by atoms with Gasteiger partial charge >= 0.3 is 6.18 Å². The molecule has 2 heterocycles. The van der Waals surface area contributed by atoms with E-state index in [4.69, 9.17) is 0 Å². The van der Waals surface area contributed by atoms with Gasteiger partial charge in [0.2, 0.25) is 0 Å². The number of benzene rings is 1. The lowest BCUT2D eigenvalue weighted by Crippen LogP contribution is -2.35. The van der Waals surface area contributed by atoms with Crippen LogP contribution in [0.15, 0.2) is 18.2 Å². The summed E-state index contributed by atoms with van der Waals surface area (Å²) in [6.45, 7) is 7.46. The van der Waals surface area contributed by atoms with Gasteiger partial charge in [0.05, 0.1) is 22.4 Å². The molecule has 10 heteroatoms. The van der Waals surface area contributed by atoms with Gasteiger partial charge in [-0.3, -0.25) is 9.59 Å². The predicted octanol–water partition coefficient (Wildman–Crippen LogP) is 4.05. The predicted molar refractivity (Wildman–Crippen MR) is 114 cm³/mol.